The Hall–Kier alpha value is -1.65. The van der Waals surface area contributed by atoms with Crippen molar-refractivity contribution in [2.75, 3.05) is 27.2 Å². The van der Waals surface area contributed by atoms with Crippen LogP contribution in [0.15, 0.2) is 52.7 Å². The first-order chi connectivity index (χ1) is 10.3. The summed E-state index contributed by atoms with van der Waals surface area (Å²) in [5.41, 5.74) is 12.2. The van der Waals surface area contributed by atoms with Crippen molar-refractivity contribution in [1.82, 2.24) is 10.7 Å². The molecule has 0 aromatic carbocycles. The SMILES string of the molecule is CCC1=CCC=CC(C(/C=C\CN)=N/NC)C=C1CNC. The molecule has 0 fully saturated rings. The fourth-order valence-electron chi connectivity index (χ4n) is 2.40. The average molecular weight is 288 g/mol. The second kappa shape index (κ2) is 10.1. The van der Waals surface area contributed by atoms with Gasteiger partial charge in [-0.15, -0.1) is 0 Å². The highest BCUT2D eigenvalue weighted by Gasteiger charge is 2.13. The smallest absolute Gasteiger partial charge is 0.0706 e. The lowest BCUT2D eigenvalue weighted by molar-refractivity contribution is 0.850. The molecule has 4 nitrogen and oxygen atoms in total. The van der Waals surface area contributed by atoms with E-state index in [1.807, 2.05) is 26.2 Å². The second-order valence-electron chi connectivity index (χ2n) is 4.89. The molecule has 0 spiro atoms. The first kappa shape index (κ1) is 17.4. The Labute approximate surface area is 128 Å². The maximum atomic E-state index is 5.56. The van der Waals surface area contributed by atoms with E-state index >= 15 is 0 Å². The van der Waals surface area contributed by atoms with Gasteiger partial charge in [-0.2, -0.15) is 5.10 Å². The fourth-order valence-corrected chi connectivity index (χ4v) is 2.40. The highest BCUT2D eigenvalue weighted by molar-refractivity contribution is 5.99. The molecule has 0 aliphatic heterocycles. The van der Waals surface area contributed by atoms with Crippen LogP contribution < -0.4 is 16.5 Å². The maximum absolute atomic E-state index is 5.56. The van der Waals surface area contributed by atoms with E-state index in [4.69, 9.17) is 5.73 Å². The van der Waals surface area contributed by atoms with Crippen LogP contribution in [0.3, 0.4) is 0 Å². The third-order valence-corrected chi connectivity index (χ3v) is 3.39. The summed E-state index contributed by atoms with van der Waals surface area (Å²) < 4.78 is 0. The van der Waals surface area contributed by atoms with Gasteiger partial charge in [0.25, 0.3) is 0 Å². The van der Waals surface area contributed by atoms with Crippen LogP contribution >= 0.6 is 0 Å². The van der Waals surface area contributed by atoms with E-state index in [1.54, 1.807) is 0 Å². The van der Waals surface area contributed by atoms with E-state index in [2.05, 4.69) is 47.1 Å². The van der Waals surface area contributed by atoms with E-state index in [0.717, 1.165) is 25.1 Å². The molecule has 4 heteroatoms. The number of hydrazone groups is 1. The van der Waals surface area contributed by atoms with Gasteiger partial charge in [-0.1, -0.05) is 37.3 Å². The molecule has 21 heavy (non-hydrogen) atoms. The first-order valence-electron chi connectivity index (χ1n) is 7.59. The van der Waals surface area contributed by atoms with Crippen molar-refractivity contribution < 1.29 is 0 Å². The van der Waals surface area contributed by atoms with Gasteiger partial charge in [0.2, 0.25) is 0 Å². The Morgan fingerprint density at radius 2 is 2.24 bits per heavy atom. The molecule has 1 aliphatic carbocycles. The third kappa shape index (κ3) is 5.69. The first-order valence-corrected chi connectivity index (χ1v) is 7.59. The van der Waals surface area contributed by atoms with Gasteiger partial charge in [0.15, 0.2) is 0 Å². The van der Waals surface area contributed by atoms with E-state index in [0.29, 0.717) is 6.54 Å². The Bertz CT molecular complexity index is 455. The molecule has 0 aromatic heterocycles. The highest BCUT2D eigenvalue weighted by Crippen LogP contribution is 2.21. The van der Waals surface area contributed by atoms with Crippen molar-refractivity contribution in [2.24, 2.45) is 16.8 Å². The molecule has 1 aliphatic rings. The lowest BCUT2D eigenvalue weighted by Gasteiger charge is -2.17. The number of allylic oxidation sites excluding steroid dienone is 5. The molecule has 4 N–H and O–H groups in total. The van der Waals surface area contributed by atoms with E-state index < -0.39 is 0 Å². The van der Waals surface area contributed by atoms with Crippen molar-refractivity contribution in [3.63, 3.8) is 0 Å². The Morgan fingerprint density at radius 1 is 1.43 bits per heavy atom. The summed E-state index contributed by atoms with van der Waals surface area (Å²) in [6, 6.07) is 0. The molecular weight excluding hydrogens is 260 g/mol. The van der Waals surface area contributed by atoms with Crippen LogP contribution in [0.4, 0.5) is 0 Å². The zero-order chi connectivity index (χ0) is 15.5. The summed E-state index contributed by atoms with van der Waals surface area (Å²) in [6.45, 7) is 3.59. The normalized spacial score (nSPS) is 20.0. The molecular formula is C17H28N4. The Morgan fingerprint density at radius 3 is 2.86 bits per heavy atom. The molecule has 0 amide bonds. The van der Waals surface area contributed by atoms with Gasteiger partial charge in [0, 0.05) is 26.1 Å². The van der Waals surface area contributed by atoms with Crippen molar-refractivity contribution in [1.29, 1.82) is 0 Å². The summed E-state index contributed by atoms with van der Waals surface area (Å²) >= 11 is 0. The van der Waals surface area contributed by atoms with Gasteiger partial charge in [0.05, 0.1) is 5.71 Å². The predicted octanol–water partition coefficient (Wildman–Crippen LogP) is 2.13. The molecule has 1 atom stereocenters. The number of hydrogen-bond acceptors (Lipinski definition) is 4. The van der Waals surface area contributed by atoms with Crippen molar-refractivity contribution in [2.45, 2.75) is 19.8 Å². The average Bonchev–Trinajstić information content (AvgIpc) is 2.47. The van der Waals surface area contributed by atoms with Gasteiger partial charge in [-0.05, 0) is 37.1 Å². The molecule has 0 saturated heterocycles. The molecule has 0 aromatic rings. The topological polar surface area (TPSA) is 62.4 Å². The number of hydrogen-bond donors (Lipinski definition) is 3. The van der Waals surface area contributed by atoms with Crippen LogP contribution in [0.2, 0.25) is 0 Å². The lowest BCUT2D eigenvalue weighted by Crippen LogP contribution is -2.17. The minimum Gasteiger partial charge on any atom is -0.327 e. The van der Waals surface area contributed by atoms with Crippen LogP contribution in [0.25, 0.3) is 0 Å². The zero-order valence-electron chi connectivity index (χ0n) is 13.4. The van der Waals surface area contributed by atoms with Crippen LogP contribution in [0.5, 0.6) is 0 Å². The maximum Gasteiger partial charge on any atom is 0.0706 e. The summed E-state index contributed by atoms with van der Waals surface area (Å²) in [4.78, 5) is 0. The monoisotopic (exact) mass is 288 g/mol. The quantitative estimate of drug-likeness (QED) is 0.382. The molecule has 0 saturated carbocycles. The Kier molecular flexibility index (Phi) is 8.40. The molecule has 0 radical (unpaired) electrons. The van der Waals surface area contributed by atoms with E-state index in [1.165, 1.54) is 11.1 Å². The van der Waals surface area contributed by atoms with E-state index in [9.17, 15) is 0 Å². The Balaban J connectivity index is 3.15. The lowest BCUT2D eigenvalue weighted by atomic mass is 9.91. The zero-order valence-corrected chi connectivity index (χ0v) is 13.4. The van der Waals surface area contributed by atoms with E-state index in [-0.39, 0.29) is 5.92 Å². The van der Waals surface area contributed by atoms with Crippen LogP contribution in [0, 0.1) is 5.92 Å². The number of nitrogens with zero attached hydrogens (tertiary/aromatic N) is 1. The van der Waals surface area contributed by atoms with Crippen molar-refractivity contribution in [3.8, 4) is 0 Å². The molecule has 0 heterocycles. The minimum absolute atomic E-state index is 0.166. The molecule has 0 bridgehead atoms. The van der Waals surface area contributed by atoms with Crippen LogP contribution in [-0.2, 0) is 0 Å². The van der Waals surface area contributed by atoms with Crippen molar-refractivity contribution >= 4 is 5.71 Å². The standard InChI is InChI=1S/C17H28N4/c1-4-14-8-5-6-9-15(12-16(14)13-19-2)17(21-20-3)10-7-11-18/h6-10,12,15,19-20H,4-5,11,13,18H2,1-3H3/b9-6?,10-7-,14-8?,16-12?,21-17+. The molecule has 1 rings (SSSR count). The van der Waals surface area contributed by atoms with Crippen LogP contribution in [0.1, 0.15) is 19.8 Å². The number of rotatable bonds is 7. The summed E-state index contributed by atoms with van der Waals surface area (Å²) in [5.74, 6) is 0.166. The number of nitrogens with one attached hydrogen (secondary N) is 2. The van der Waals surface area contributed by atoms with Gasteiger partial charge >= 0.3 is 0 Å². The summed E-state index contributed by atoms with van der Waals surface area (Å²) in [6.07, 6.45) is 14.9. The number of nitrogens with two attached hydrogens (primary N) is 1. The third-order valence-electron chi connectivity index (χ3n) is 3.39. The predicted molar refractivity (Wildman–Crippen MR) is 92.3 cm³/mol. The number of likely N-dealkylation sites (N-methyl/N-ethyl adjacent to an activating group) is 1. The van der Waals surface area contributed by atoms with Gasteiger partial charge in [0.1, 0.15) is 0 Å². The highest BCUT2D eigenvalue weighted by atomic mass is 15.3. The second-order valence-corrected chi connectivity index (χ2v) is 4.89. The summed E-state index contributed by atoms with van der Waals surface area (Å²) in [5, 5.41) is 7.65. The summed E-state index contributed by atoms with van der Waals surface area (Å²) in [7, 11) is 3.80. The molecule has 116 valence electrons. The largest absolute Gasteiger partial charge is 0.327 e. The van der Waals surface area contributed by atoms with Gasteiger partial charge < -0.3 is 16.5 Å². The van der Waals surface area contributed by atoms with Crippen molar-refractivity contribution in [3.05, 3.63) is 47.6 Å². The molecule has 1 unspecified atom stereocenters. The van der Waals surface area contributed by atoms with Gasteiger partial charge in [-0.25, -0.2) is 0 Å². The van der Waals surface area contributed by atoms with Gasteiger partial charge in [-0.3, -0.25) is 0 Å². The van der Waals surface area contributed by atoms with Crippen LogP contribution in [-0.4, -0.2) is 32.9 Å². The minimum atomic E-state index is 0.166. The fraction of sp³-hybridized carbons (Fsp3) is 0.471.